The second kappa shape index (κ2) is 6.35. The van der Waals surface area contributed by atoms with Crippen LogP contribution in [0.2, 0.25) is 0 Å². The second-order valence-electron chi connectivity index (χ2n) is 4.72. The highest BCUT2D eigenvalue weighted by atomic mass is 16.6. The van der Waals surface area contributed by atoms with Crippen LogP contribution in [0.25, 0.3) is 0 Å². The highest BCUT2D eigenvalue weighted by Crippen LogP contribution is 2.24. The van der Waals surface area contributed by atoms with Gasteiger partial charge in [-0.05, 0) is 20.8 Å². The molecule has 0 spiro atoms. The number of hydrogen-bond acceptors (Lipinski definition) is 5. The average molecular weight is 286 g/mol. The molecule has 110 valence electrons. The molecule has 0 saturated heterocycles. The number of methoxy groups -OCH3 is 1. The van der Waals surface area contributed by atoms with Gasteiger partial charge in [-0.2, -0.15) is 0 Å². The second-order valence-corrected chi connectivity index (χ2v) is 4.72. The summed E-state index contributed by atoms with van der Waals surface area (Å²) in [5, 5.41) is 0. The molecule has 1 aromatic heterocycles. The van der Waals surface area contributed by atoms with Gasteiger partial charge in [0.2, 0.25) is 12.0 Å². The molecule has 5 nitrogen and oxygen atoms in total. The fourth-order valence-corrected chi connectivity index (χ4v) is 1.90. The van der Waals surface area contributed by atoms with Gasteiger partial charge in [0.15, 0.2) is 0 Å². The minimum absolute atomic E-state index is 0.345. The van der Waals surface area contributed by atoms with Crippen LogP contribution in [-0.4, -0.2) is 23.0 Å². The van der Waals surface area contributed by atoms with E-state index in [0.29, 0.717) is 17.1 Å². The molecule has 1 aromatic carbocycles. The average Bonchev–Trinajstić information content (AvgIpc) is 2.49. The van der Waals surface area contributed by atoms with Crippen molar-refractivity contribution in [2.75, 3.05) is 7.11 Å². The van der Waals surface area contributed by atoms with Crippen LogP contribution in [0.15, 0.2) is 30.3 Å². The highest BCUT2D eigenvalue weighted by Gasteiger charge is 2.25. The van der Waals surface area contributed by atoms with E-state index in [0.717, 1.165) is 11.4 Å². The summed E-state index contributed by atoms with van der Waals surface area (Å²) in [6, 6.07) is 9.18. The standard InChI is InChI=1S/C16H18N2O3/c1-10-11(2)18-15(12(3)17-10)21-14(16(19)20-4)13-8-6-5-7-9-13/h5-9,14H,1-4H3. The zero-order valence-corrected chi connectivity index (χ0v) is 12.6. The van der Waals surface area contributed by atoms with Gasteiger partial charge in [0.05, 0.1) is 24.2 Å². The monoisotopic (exact) mass is 286 g/mol. The SMILES string of the molecule is COC(=O)C(Oc1nc(C)c(C)nc1C)c1ccccc1. The van der Waals surface area contributed by atoms with Gasteiger partial charge < -0.3 is 9.47 Å². The molecule has 21 heavy (non-hydrogen) atoms. The minimum Gasteiger partial charge on any atom is -0.466 e. The Balaban J connectivity index is 2.36. The molecular weight excluding hydrogens is 268 g/mol. The van der Waals surface area contributed by atoms with Gasteiger partial charge in [0.1, 0.15) is 0 Å². The summed E-state index contributed by atoms with van der Waals surface area (Å²) >= 11 is 0. The van der Waals surface area contributed by atoms with E-state index in [2.05, 4.69) is 9.97 Å². The van der Waals surface area contributed by atoms with Gasteiger partial charge in [-0.15, -0.1) is 0 Å². The summed E-state index contributed by atoms with van der Waals surface area (Å²) < 4.78 is 10.6. The van der Waals surface area contributed by atoms with E-state index in [1.807, 2.05) is 44.2 Å². The van der Waals surface area contributed by atoms with E-state index < -0.39 is 12.1 Å². The first-order valence-electron chi connectivity index (χ1n) is 6.64. The van der Waals surface area contributed by atoms with Crippen LogP contribution in [0.5, 0.6) is 5.88 Å². The number of ether oxygens (including phenoxy) is 2. The normalized spacial score (nSPS) is 11.8. The summed E-state index contributed by atoms with van der Waals surface area (Å²) in [5.74, 6) is -0.127. The Hall–Kier alpha value is -2.43. The Morgan fingerprint density at radius 2 is 1.62 bits per heavy atom. The Kier molecular flexibility index (Phi) is 4.52. The first kappa shape index (κ1) is 15.0. The van der Waals surface area contributed by atoms with Gasteiger partial charge in [-0.1, -0.05) is 30.3 Å². The zero-order chi connectivity index (χ0) is 15.4. The number of carbonyl (C=O) groups excluding carboxylic acids is 1. The third kappa shape index (κ3) is 3.37. The van der Waals surface area contributed by atoms with Crippen molar-refractivity contribution in [2.24, 2.45) is 0 Å². The number of esters is 1. The van der Waals surface area contributed by atoms with Crippen LogP contribution in [-0.2, 0) is 9.53 Å². The van der Waals surface area contributed by atoms with Crippen molar-refractivity contribution in [1.29, 1.82) is 0 Å². The van der Waals surface area contributed by atoms with Gasteiger partial charge in [0, 0.05) is 5.56 Å². The molecule has 0 aliphatic rings. The summed E-state index contributed by atoms with van der Waals surface area (Å²) in [7, 11) is 1.33. The maximum absolute atomic E-state index is 12.0. The van der Waals surface area contributed by atoms with Gasteiger partial charge in [0.25, 0.3) is 0 Å². The van der Waals surface area contributed by atoms with Crippen LogP contribution < -0.4 is 4.74 Å². The molecule has 0 radical (unpaired) electrons. The minimum atomic E-state index is -0.855. The quantitative estimate of drug-likeness (QED) is 0.809. The largest absolute Gasteiger partial charge is 0.466 e. The van der Waals surface area contributed by atoms with Crippen molar-refractivity contribution in [3.8, 4) is 5.88 Å². The zero-order valence-electron chi connectivity index (χ0n) is 12.6. The Labute approximate surface area is 124 Å². The number of carbonyl (C=O) groups is 1. The summed E-state index contributed by atoms with van der Waals surface area (Å²) in [6.07, 6.45) is -0.855. The number of hydrogen-bond donors (Lipinski definition) is 0. The van der Waals surface area contributed by atoms with Crippen LogP contribution in [0, 0.1) is 20.8 Å². The van der Waals surface area contributed by atoms with E-state index >= 15 is 0 Å². The predicted molar refractivity (Wildman–Crippen MR) is 78.1 cm³/mol. The Morgan fingerprint density at radius 1 is 1.00 bits per heavy atom. The maximum Gasteiger partial charge on any atom is 0.351 e. The molecule has 0 saturated carbocycles. The molecule has 0 aliphatic heterocycles. The summed E-state index contributed by atoms with van der Waals surface area (Å²) in [4.78, 5) is 20.7. The third-order valence-electron chi connectivity index (χ3n) is 3.18. The number of benzene rings is 1. The lowest BCUT2D eigenvalue weighted by molar-refractivity contribution is -0.149. The van der Waals surface area contributed by atoms with Gasteiger partial charge >= 0.3 is 5.97 Å². The van der Waals surface area contributed by atoms with Crippen molar-refractivity contribution in [3.05, 3.63) is 53.0 Å². The van der Waals surface area contributed by atoms with Gasteiger partial charge in [-0.25, -0.2) is 9.78 Å². The van der Waals surface area contributed by atoms with E-state index in [9.17, 15) is 4.79 Å². The first-order valence-corrected chi connectivity index (χ1v) is 6.64. The van der Waals surface area contributed by atoms with Gasteiger partial charge in [-0.3, -0.25) is 4.98 Å². The topological polar surface area (TPSA) is 61.3 Å². The van der Waals surface area contributed by atoms with Crippen molar-refractivity contribution in [3.63, 3.8) is 0 Å². The van der Waals surface area contributed by atoms with E-state index in [1.165, 1.54) is 7.11 Å². The fourth-order valence-electron chi connectivity index (χ4n) is 1.90. The molecule has 0 bridgehead atoms. The maximum atomic E-state index is 12.0. The number of rotatable bonds is 4. The molecular formula is C16H18N2O3. The molecule has 2 rings (SSSR count). The molecule has 0 N–H and O–H groups in total. The van der Waals surface area contributed by atoms with Crippen molar-refractivity contribution in [1.82, 2.24) is 9.97 Å². The lowest BCUT2D eigenvalue weighted by Gasteiger charge is -2.18. The van der Waals surface area contributed by atoms with Crippen molar-refractivity contribution < 1.29 is 14.3 Å². The van der Waals surface area contributed by atoms with Crippen molar-refractivity contribution >= 4 is 5.97 Å². The smallest absolute Gasteiger partial charge is 0.351 e. The van der Waals surface area contributed by atoms with Crippen LogP contribution in [0.4, 0.5) is 0 Å². The first-order chi connectivity index (χ1) is 10.0. The number of aromatic nitrogens is 2. The lowest BCUT2D eigenvalue weighted by atomic mass is 10.1. The molecule has 0 fully saturated rings. The van der Waals surface area contributed by atoms with E-state index in [-0.39, 0.29) is 0 Å². The molecule has 1 heterocycles. The molecule has 1 atom stereocenters. The lowest BCUT2D eigenvalue weighted by Crippen LogP contribution is -2.21. The number of nitrogens with zero attached hydrogens (tertiary/aromatic N) is 2. The molecule has 0 amide bonds. The van der Waals surface area contributed by atoms with E-state index in [1.54, 1.807) is 6.92 Å². The molecule has 0 aliphatic carbocycles. The summed E-state index contributed by atoms with van der Waals surface area (Å²) in [6.45, 7) is 5.53. The third-order valence-corrected chi connectivity index (χ3v) is 3.18. The number of aryl methyl sites for hydroxylation is 3. The highest BCUT2D eigenvalue weighted by molar-refractivity contribution is 5.76. The predicted octanol–water partition coefficient (Wildman–Crippen LogP) is 2.69. The molecule has 5 heteroatoms. The fraction of sp³-hybridized carbons (Fsp3) is 0.312. The molecule has 2 aromatic rings. The van der Waals surface area contributed by atoms with Crippen LogP contribution in [0.1, 0.15) is 28.7 Å². The van der Waals surface area contributed by atoms with Crippen molar-refractivity contribution in [2.45, 2.75) is 26.9 Å². The summed E-state index contributed by atoms with van der Waals surface area (Å²) in [5.41, 5.74) is 2.97. The Morgan fingerprint density at radius 3 is 2.24 bits per heavy atom. The van der Waals surface area contributed by atoms with Crippen LogP contribution in [0.3, 0.4) is 0 Å². The Bertz CT molecular complexity index is 641. The van der Waals surface area contributed by atoms with Crippen LogP contribution >= 0.6 is 0 Å². The molecule has 1 unspecified atom stereocenters. The van der Waals surface area contributed by atoms with E-state index in [4.69, 9.17) is 9.47 Å².